The predicted octanol–water partition coefficient (Wildman–Crippen LogP) is 10.5. The van der Waals surface area contributed by atoms with Crippen molar-refractivity contribution in [3.8, 4) is 0 Å². The van der Waals surface area contributed by atoms with E-state index >= 15 is 0 Å². The van der Waals surface area contributed by atoms with Crippen LogP contribution in [0.25, 0.3) is 0 Å². The molecule has 0 aromatic carbocycles. The lowest BCUT2D eigenvalue weighted by molar-refractivity contribution is 0.488. The van der Waals surface area contributed by atoms with Gasteiger partial charge in [0.1, 0.15) is 0 Å². The molecule has 4 fully saturated rings. The van der Waals surface area contributed by atoms with Gasteiger partial charge in [0.25, 0.3) is 0 Å². The first-order chi connectivity index (χ1) is 15.1. The van der Waals surface area contributed by atoms with Crippen LogP contribution < -0.4 is 0 Å². The fourth-order valence-electron chi connectivity index (χ4n) is 6.97. The smallest absolute Gasteiger partial charge is 0.0491 e. The highest BCUT2D eigenvalue weighted by molar-refractivity contribution is 8.79. The van der Waals surface area contributed by atoms with Crippen LogP contribution in [0.5, 0.6) is 0 Å². The van der Waals surface area contributed by atoms with Gasteiger partial charge in [-0.05, 0) is 74.0 Å². The maximum atomic E-state index is 6.78. The fraction of sp³-hybridized carbons (Fsp3) is 1.00. The third-order valence-electron chi connectivity index (χ3n) is 8.84. The summed E-state index contributed by atoms with van der Waals surface area (Å²) in [7, 11) is 0. The first-order valence-corrected chi connectivity index (χ1v) is 22.7. The van der Waals surface area contributed by atoms with Crippen LogP contribution in [0.15, 0.2) is 0 Å². The van der Waals surface area contributed by atoms with Gasteiger partial charge in [0.2, 0.25) is 0 Å². The van der Waals surface area contributed by atoms with E-state index in [0.29, 0.717) is 0 Å². The minimum atomic E-state index is -1.34. The monoisotopic (exact) mass is 536 g/mol. The largest absolute Gasteiger partial charge is 0.112 e. The van der Waals surface area contributed by atoms with Gasteiger partial charge in [-0.25, -0.2) is 0 Å². The molecule has 0 radical (unpaired) electrons. The van der Waals surface area contributed by atoms with E-state index in [1.807, 2.05) is 0 Å². The van der Waals surface area contributed by atoms with Crippen molar-refractivity contribution in [2.75, 3.05) is 5.08 Å². The summed E-state index contributed by atoms with van der Waals surface area (Å²) in [5, 5.41) is -1.41. The van der Waals surface area contributed by atoms with E-state index in [0.717, 1.165) is 22.6 Å². The van der Waals surface area contributed by atoms with Gasteiger partial charge in [0.05, 0.1) is 0 Å². The highest BCUT2D eigenvalue weighted by Crippen LogP contribution is 2.77. The van der Waals surface area contributed by atoms with E-state index in [4.69, 9.17) is 23.6 Å². The summed E-state index contributed by atoms with van der Waals surface area (Å²) in [6.07, 6.45) is 29.0. The molecule has 6 heteroatoms. The summed E-state index contributed by atoms with van der Waals surface area (Å²) in [6.45, 7) is 0. The summed E-state index contributed by atoms with van der Waals surface area (Å²) >= 11 is 18.2. The van der Waals surface area contributed by atoms with E-state index in [1.165, 1.54) is 134 Å². The zero-order chi connectivity index (χ0) is 21.6. The van der Waals surface area contributed by atoms with Crippen LogP contribution >= 0.6 is 33.2 Å². The van der Waals surface area contributed by atoms with Crippen molar-refractivity contribution in [3.05, 3.63) is 0 Å². The molecule has 0 spiro atoms. The van der Waals surface area contributed by atoms with Crippen molar-refractivity contribution in [1.82, 2.24) is 0 Å². The van der Waals surface area contributed by atoms with Gasteiger partial charge in [-0.2, -0.15) is 0 Å². The first kappa shape index (κ1) is 26.1. The summed E-state index contributed by atoms with van der Waals surface area (Å²) < 4.78 is 0. The Balaban J connectivity index is 1.46. The summed E-state index contributed by atoms with van der Waals surface area (Å²) in [5.74, 6) is 0. The third kappa shape index (κ3) is 6.61. The molecule has 4 aliphatic rings. The molecule has 0 nitrogen and oxygen atoms in total. The fourth-order valence-corrected chi connectivity index (χ4v) is 29.4. The Morgan fingerprint density at radius 1 is 0.419 bits per heavy atom. The molecule has 180 valence electrons. The van der Waals surface area contributed by atoms with Crippen molar-refractivity contribution in [3.63, 3.8) is 0 Å². The molecular weight excluding hydrogens is 490 g/mol. The Morgan fingerprint density at radius 2 is 0.645 bits per heavy atom. The topological polar surface area (TPSA) is 0 Å². The van der Waals surface area contributed by atoms with Crippen molar-refractivity contribution in [2.45, 2.75) is 151 Å². The van der Waals surface area contributed by atoms with Crippen molar-refractivity contribution in [1.29, 1.82) is 0 Å². The predicted molar refractivity (Wildman–Crippen MR) is 156 cm³/mol. The van der Waals surface area contributed by atoms with E-state index < -0.39 is 10.5 Å². The highest BCUT2D eigenvalue weighted by atomic mass is 32.9. The van der Waals surface area contributed by atoms with Crippen LogP contribution in [0, 0.1) is 0 Å². The van der Waals surface area contributed by atoms with Gasteiger partial charge in [-0.3, -0.25) is 0 Å². The molecular formula is C25H46P2S4. The number of hydrogen-bond donors (Lipinski definition) is 0. The van der Waals surface area contributed by atoms with Crippen LogP contribution in [0.4, 0.5) is 0 Å². The average molecular weight is 537 g/mol. The minimum absolute atomic E-state index is 0.896. The van der Waals surface area contributed by atoms with Gasteiger partial charge in [0, 0.05) is 15.6 Å². The average Bonchev–Trinajstić information content (AvgIpc) is 2.86. The van der Waals surface area contributed by atoms with Crippen molar-refractivity contribution >= 4 is 56.9 Å². The molecule has 0 bridgehead atoms. The molecule has 0 aromatic rings. The van der Waals surface area contributed by atoms with Gasteiger partial charge < -0.3 is 0 Å². The SMILES string of the molecule is S=P(SCSP(=S)(C1CCCCC1)C1CCCCC1)(C1CCCCC1)C1CCCCC1. The van der Waals surface area contributed by atoms with E-state index in [2.05, 4.69) is 22.8 Å². The number of hydrogen-bond acceptors (Lipinski definition) is 4. The Bertz CT molecular complexity index is 529. The molecule has 0 atom stereocenters. The van der Waals surface area contributed by atoms with Gasteiger partial charge in [0.15, 0.2) is 0 Å². The summed E-state index contributed by atoms with van der Waals surface area (Å²) in [6, 6.07) is 0. The lowest BCUT2D eigenvalue weighted by atomic mass is 10.00. The summed E-state index contributed by atoms with van der Waals surface area (Å²) in [4.78, 5) is 0. The first-order valence-electron chi connectivity index (χ1n) is 13.6. The third-order valence-corrected chi connectivity index (χ3v) is 30.0. The lowest BCUT2D eigenvalue weighted by Crippen LogP contribution is -2.23. The molecule has 4 saturated carbocycles. The van der Waals surface area contributed by atoms with Crippen molar-refractivity contribution in [2.24, 2.45) is 0 Å². The molecule has 0 aliphatic heterocycles. The Hall–Kier alpha value is 2.00. The lowest BCUT2D eigenvalue weighted by Gasteiger charge is -2.43. The van der Waals surface area contributed by atoms with Gasteiger partial charge >= 0.3 is 0 Å². The normalized spacial score (nSPS) is 26.8. The molecule has 31 heavy (non-hydrogen) atoms. The zero-order valence-electron chi connectivity index (χ0n) is 19.7. The Morgan fingerprint density at radius 3 is 0.871 bits per heavy atom. The highest BCUT2D eigenvalue weighted by Gasteiger charge is 2.41. The van der Waals surface area contributed by atoms with E-state index in [9.17, 15) is 0 Å². The van der Waals surface area contributed by atoms with Gasteiger partial charge in [-0.1, -0.05) is 101 Å². The van der Waals surface area contributed by atoms with Crippen LogP contribution in [-0.4, -0.2) is 27.7 Å². The van der Waals surface area contributed by atoms with Crippen LogP contribution in [0.2, 0.25) is 0 Å². The second-order valence-electron chi connectivity index (χ2n) is 10.8. The van der Waals surface area contributed by atoms with Crippen LogP contribution in [0.1, 0.15) is 128 Å². The molecule has 0 amide bonds. The quantitative estimate of drug-likeness (QED) is 0.223. The Labute approximate surface area is 211 Å². The van der Waals surface area contributed by atoms with Crippen molar-refractivity contribution < 1.29 is 0 Å². The molecule has 0 aromatic heterocycles. The molecule has 0 heterocycles. The molecule has 4 aliphatic carbocycles. The second kappa shape index (κ2) is 12.8. The molecule has 4 rings (SSSR count). The maximum Gasteiger partial charge on any atom is 0.0491 e. The minimum Gasteiger partial charge on any atom is -0.112 e. The Kier molecular flexibility index (Phi) is 10.8. The van der Waals surface area contributed by atoms with Gasteiger partial charge in [-0.15, -0.1) is 22.8 Å². The molecule has 0 unspecified atom stereocenters. The molecule has 0 saturated heterocycles. The molecule has 0 N–H and O–H groups in total. The van der Waals surface area contributed by atoms with Crippen LogP contribution in [-0.2, 0) is 23.6 Å². The maximum absolute atomic E-state index is 6.78. The standard InChI is InChI=1S/C25H46P2S4/c28-26(22-13-5-1-6-14-22,23-15-7-2-8-16-23)30-21-31-27(29,24-17-9-3-10-18-24)25-19-11-4-12-20-25/h22-25H,1-21H2. The van der Waals surface area contributed by atoms with E-state index in [1.54, 1.807) is 0 Å². The van der Waals surface area contributed by atoms with E-state index in [-0.39, 0.29) is 0 Å². The second-order valence-corrected chi connectivity index (χ2v) is 28.0. The number of rotatable bonds is 8. The van der Waals surface area contributed by atoms with Crippen LogP contribution in [0.3, 0.4) is 0 Å². The summed E-state index contributed by atoms with van der Waals surface area (Å²) in [5.41, 5.74) is 3.58. The zero-order valence-corrected chi connectivity index (χ0v) is 24.7.